The molecule has 2 aromatic rings. The maximum Gasteiger partial charge on any atom is 0.175 e. The van der Waals surface area contributed by atoms with Gasteiger partial charge in [-0.15, -0.1) is 0 Å². The molecular formula is C16H18ClFN2O. The standard InChI is InChI=1S/C16H18ClFN2O/c1-16(2)8-4-5-9(16)14-13(15(19)20-21-14)12-10(17)6-3-7-11(12)18/h3,6-7,9H,4-5,8H2,1-2H3,(H2,19,20). The number of rotatable bonds is 2. The van der Waals surface area contributed by atoms with Crippen molar-refractivity contribution in [2.75, 3.05) is 5.73 Å². The zero-order chi connectivity index (χ0) is 15.2. The van der Waals surface area contributed by atoms with Gasteiger partial charge in [0.05, 0.1) is 10.6 Å². The largest absolute Gasteiger partial charge is 0.380 e. The summed E-state index contributed by atoms with van der Waals surface area (Å²) < 4.78 is 19.7. The highest BCUT2D eigenvalue weighted by atomic mass is 35.5. The number of hydrogen-bond acceptors (Lipinski definition) is 3. The second-order valence-electron chi connectivity index (χ2n) is 6.34. The molecule has 0 radical (unpaired) electrons. The fraction of sp³-hybridized carbons (Fsp3) is 0.438. The van der Waals surface area contributed by atoms with Crippen molar-refractivity contribution in [1.29, 1.82) is 0 Å². The molecule has 0 bridgehead atoms. The molecule has 5 heteroatoms. The average molecular weight is 309 g/mol. The van der Waals surface area contributed by atoms with E-state index in [0.29, 0.717) is 16.3 Å². The van der Waals surface area contributed by atoms with Crippen LogP contribution in [-0.4, -0.2) is 5.16 Å². The first-order valence-electron chi connectivity index (χ1n) is 7.11. The second kappa shape index (κ2) is 5.02. The summed E-state index contributed by atoms with van der Waals surface area (Å²) in [6.45, 7) is 4.38. The Labute approximate surface area is 128 Å². The van der Waals surface area contributed by atoms with Crippen LogP contribution in [0.5, 0.6) is 0 Å². The van der Waals surface area contributed by atoms with Gasteiger partial charge >= 0.3 is 0 Å². The van der Waals surface area contributed by atoms with Crippen molar-refractivity contribution < 1.29 is 8.91 Å². The van der Waals surface area contributed by atoms with Crippen LogP contribution in [0.25, 0.3) is 11.1 Å². The molecule has 0 spiro atoms. The third-order valence-corrected chi connectivity index (χ3v) is 4.85. The van der Waals surface area contributed by atoms with Crippen LogP contribution in [0.15, 0.2) is 22.7 Å². The molecule has 0 aliphatic heterocycles. The van der Waals surface area contributed by atoms with E-state index in [0.717, 1.165) is 19.3 Å². The van der Waals surface area contributed by atoms with Crippen molar-refractivity contribution in [3.05, 3.63) is 34.8 Å². The first kappa shape index (κ1) is 14.4. The number of anilines is 1. The summed E-state index contributed by atoms with van der Waals surface area (Å²) in [7, 11) is 0. The number of nitrogens with zero attached hydrogens (tertiary/aromatic N) is 1. The molecule has 1 heterocycles. The Hall–Kier alpha value is -1.55. The minimum Gasteiger partial charge on any atom is -0.380 e. The Balaban J connectivity index is 2.19. The van der Waals surface area contributed by atoms with E-state index >= 15 is 0 Å². The lowest BCUT2D eigenvalue weighted by molar-refractivity contribution is 0.269. The van der Waals surface area contributed by atoms with Gasteiger partial charge < -0.3 is 10.3 Å². The lowest BCUT2D eigenvalue weighted by Crippen LogP contribution is -2.15. The molecule has 1 atom stereocenters. The van der Waals surface area contributed by atoms with Crippen LogP contribution in [-0.2, 0) is 0 Å². The first-order chi connectivity index (χ1) is 9.92. The Morgan fingerprint density at radius 2 is 2.14 bits per heavy atom. The predicted molar refractivity (Wildman–Crippen MR) is 81.7 cm³/mol. The van der Waals surface area contributed by atoms with Crippen molar-refractivity contribution in [3.8, 4) is 11.1 Å². The van der Waals surface area contributed by atoms with E-state index in [2.05, 4.69) is 19.0 Å². The number of hydrogen-bond donors (Lipinski definition) is 1. The molecular weight excluding hydrogens is 291 g/mol. The fourth-order valence-corrected chi connectivity index (χ4v) is 3.61. The Morgan fingerprint density at radius 1 is 1.38 bits per heavy atom. The molecule has 1 aromatic heterocycles. The summed E-state index contributed by atoms with van der Waals surface area (Å²) in [5.74, 6) is 0.615. The fourth-order valence-electron chi connectivity index (χ4n) is 3.35. The zero-order valence-electron chi connectivity index (χ0n) is 12.1. The Morgan fingerprint density at radius 3 is 2.76 bits per heavy atom. The lowest BCUT2D eigenvalue weighted by Gasteiger charge is -2.25. The van der Waals surface area contributed by atoms with Gasteiger partial charge in [0.15, 0.2) is 11.6 Å². The topological polar surface area (TPSA) is 52.0 Å². The first-order valence-corrected chi connectivity index (χ1v) is 7.49. The van der Waals surface area contributed by atoms with Crippen LogP contribution in [0.4, 0.5) is 10.2 Å². The summed E-state index contributed by atoms with van der Waals surface area (Å²) in [5, 5.41) is 4.18. The van der Waals surface area contributed by atoms with Gasteiger partial charge in [-0.05, 0) is 30.4 Å². The lowest BCUT2D eigenvalue weighted by atomic mass is 9.79. The van der Waals surface area contributed by atoms with Crippen molar-refractivity contribution in [2.24, 2.45) is 5.41 Å². The molecule has 1 saturated carbocycles. The molecule has 1 aliphatic carbocycles. The molecule has 3 rings (SSSR count). The quantitative estimate of drug-likeness (QED) is 0.848. The van der Waals surface area contributed by atoms with Crippen LogP contribution < -0.4 is 5.73 Å². The summed E-state index contributed by atoms with van der Waals surface area (Å²) in [6.07, 6.45) is 3.20. The van der Waals surface area contributed by atoms with Gasteiger partial charge in [0.25, 0.3) is 0 Å². The molecule has 2 N–H and O–H groups in total. The van der Waals surface area contributed by atoms with Gasteiger partial charge in [-0.25, -0.2) is 4.39 Å². The van der Waals surface area contributed by atoms with Crippen molar-refractivity contribution >= 4 is 17.4 Å². The number of halogens is 2. The van der Waals surface area contributed by atoms with Crippen molar-refractivity contribution in [1.82, 2.24) is 5.16 Å². The molecule has 21 heavy (non-hydrogen) atoms. The summed E-state index contributed by atoms with van der Waals surface area (Å²) >= 11 is 6.18. The SMILES string of the molecule is CC1(C)CCCC1c1onc(N)c1-c1c(F)cccc1Cl. The van der Waals surface area contributed by atoms with E-state index in [9.17, 15) is 4.39 Å². The van der Waals surface area contributed by atoms with E-state index in [-0.39, 0.29) is 22.7 Å². The van der Waals surface area contributed by atoms with E-state index in [1.54, 1.807) is 12.1 Å². The van der Waals surface area contributed by atoms with Crippen molar-refractivity contribution in [2.45, 2.75) is 39.0 Å². The zero-order valence-corrected chi connectivity index (χ0v) is 12.9. The van der Waals surface area contributed by atoms with Gasteiger partial charge in [0.2, 0.25) is 0 Å². The molecule has 0 saturated heterocycles. The summed E-state index contributed by atoms with van der Waals surface area (Å²) in [5.41, 5.74) is 6.82. The second-order valence-corrected chi connectivity index (χ2v) is 6.74. The third kappa shape index (κ3) is 2.31. The average Bonchev–Trinajstić information content (AvgIpc) is 2.93. The Bertz CT molecular complexity index is 661. The number of nitrogens with two attached hydrogens (primary N) is 1. The molecule has 3 nitrogen and oxygen atoms in total. The maximum absolute atomic E-state index is 14.2. The van der Waals surface area contributed by atoms with Crippen molar-refractivity contribution in [3.63, 3.8) is 0 Å². The van der Waals surface area contributed by atoms with Gasteiger partial charge in [-0.3, -0.25) is 0 Å². The minimum atomic E-state index is -0.408. The highest BCUT2D eigenvalue weighted by Crippen LogP contribution is 2.52. The van der Waals surface area contributed by atoms with Crippen LogP contribution in [0.2, 0.25) is 5.02 Å². The summed E-state index contributed by atoms with van der Waals surface area (Å²) in [4.78, 5) is 0. The highest BCUT2D eigenvalue weighted by molar-refractivity contribution is 6.33. The number of benzene rings is 1. The molecule has 1 aliphatic rings. The molecule has 1 unspecified atom stereocenters. The molecule has 1 aromatic carbocycles. The van der Waals surface area contributed by atoms with E-state index in [4.69, 9.17) is 21.9 Å². The van der Waals surface area contributed by atoms with E-state index in [1.165, 1.54) is 6.07 Å². The highest BCUT2D eigenvalue weighted by Gasteiger charge is 2.40. The predicted octanol–water partition coefficient (Wildman–Crippen LogP) is 5.01. The maximum atomic E-state index is 14.2. The molecule has 112 valence electrons. The van der Waals surface area contributed by atoms with Crippen LogP contribution in [0, 0.1) is 11.2 Å². The smallest absolute Gasteiger partial charge is 0.175 e. The van der Waals surface area contributed by atoms with E-state index < -0.39 is 5.82 Å². The monoisotopic (exact) mass is 308 g/mol. The molecule has 0 amide bonds. The van der Waals surface area contributed by atoms with Crippen LogP contribution >= 0.6 is 11.6 Å². The van der Waals surface area contributed by atoms with Gasteiger partial charge in [0, 0.05) is 11.5 Å². The third-order valence-electron chi connectivity index (χ3n) is 4.53. The van der Waals surface area contributed by atoms with Gasteiger partial charge in [0.1, 0.15) is 5.82 Å². The van der Waals surface area contributed by atoms with Crippen LogP contribution in [0.3, 0.4) is 0 Å². The van der Waals surface area contributed by atoms with Gasteiger partial charge in [-0.1, -0.05) is 43.1 Å². The Kier molecular flexibility index (Phi) is 3.44. The molecule has 1 fully saturated rings. The number of aromatic nitrogens is 1. The summed E-state index contributed by atoms with van der Waals surface area (Å²) in [6, 6.07) is 4.59. The number of nitrogen functional groups attached to an aromatic ring is 1. The normalized spacial score (nSPS) is 20.9. The van der Waals surface area contributed by atoms with E-state index in [1.807, 2.05) is 0 Å². The van der Waals surface area contributed by atoms with Gasteiger partial charge in [-0.2, -0.15) is 0 Å². The minimum absolute atomic E-state index is 0.0818. The van der Waals surface area contributed by atoms with Crippen LogP contribution in [0.1, 0.15) is 44.8 Å².